The molecule has 0 spiro atoms. The van der Waals surface area contributed by atoms with Crippen LogP contribution in [-0.2, 0) is 9.53 Å². The third-order valence-corrected chi connectivity index (χ3v) is 2.45. The van der Waals surface area contributed by atoms with E-state index >= 15 is 0 Å². The summed E-state index contributed by atoms with van der Waals surface area (Å²) in [5.74, 6) is -1.09. The van der Waals surface area contributed by atoms with Crippen molar-refractivity contribution in [3.05, 3.63) is 17.8 Å². The van der Waals surface area contributed by atoms with Crippen LogP contribution in [0.1, 0.15) is 32.5 Å². The van der Waals surface area contributed by atoms with Crippen molar-refractivity contribution in [1.29, 1.82) is 0 Å². The Morgan fingerprint density at radius 2 is 1.83 bits per heavy atom. The number of carboxylic acid groups (broad SMARTS) is 1. The standard InChI is InChI=1S/C14H20N2O6.Li/c1-14(2,3)22-13(19)16-10(12(17)18)8-6-7-9(20-4)11(15-8)21-5;/h6-7,10H,1-5H3,(H,16,19)(H,17,18);/q;+1/p-1. The number of alkyl carbamates (subject to hydrolysis) is 1. The monoisotopic (exact) mass is 318 g/mol. The van der Waals surface area contributed by atoms with Crippen LogP contribution in [0, 0.1) is 0 Å². The van der Waals surface area contributed by atoms with Gasteiger partial charge in [0.25, 0.3) is 5.88 Å². The minimum absolute atomic E-state index is 0. The number of hydrogen-bond acceptors (Lipinski definition) is 7. The fourth-order valence-corrected chi connectivity index (χ4v) is 1.58. The molecule has 0 aliphatic rings. The van der Waals surface area contributed by atoms with Gasteiger partial charge in [0.15, 0.2) is 5.75 Å². The molecule has 1 amide bonds. The van der Waals surface area contributed by atoms with E-state index in [0.29, 0.717) is 5.75 Å². The molecule has 0 aromatic carbocycles. The molecule has 1 aromatic rings. The molecule has 9 heteroatoms. The van der Waals surface area contributed by atoms with Crippen molar-refractivity contribution in [2.45, 2.75) is 32.4 Å². The third kappa shape index (κ3) is 6.38. The molecule has 1 heterocycles. The van der Waals surface area contributed by atoms with Crippen molar-refractivity contribution in [1.82, 2.24) is 10.3 Å². The van der Waals surface area contributed by atoms with E-state index in [1.54, 1.807) is 20.8 Å². The van der Waals surface area contributed by atoms with Crippen LogP contribution in [0.5, 0.6) is 11.6 Å². The van der Waals surface area contributed by atoms with Gasteiger partial charge in [-0.1, -0.05) is 0 Å². The second-order valence-corrected chi connectivity index (χ2v) is 5.35. The van der Waals surface area contributed by atoms with Gasteiger partial charge in [0.1, 0.15) is 11.6 Å². The molecule has 1 N–H and O–H groups in total. The second-order valence-electron chi connectivity index (χ2n) is 5.35. The molecule has 0 saturated carbocycles. The average Bonchev–Trinajstić information content (AvgIpc) is 2.41. The molecule has 8 nitrogen and oxygen atoms in total. The van der Waals surface area contributed by atoms with Crippen LogP contribution in [0.25, 0.3) is 0 Å². The van der Waals surface area contributed by atoms with Crippen molar-refractivity contribution in [2.75, 3.05) is 14.2 Å². The SMILES string of the molecule is COc1ccc(C(NC(=O)OC(C)(C)C)C(=O)[O-])nc1OC.[Li+]. The number of nitrogens with one attached hydrogen (secondary N) is 1. The van der Waals surface area contributed by atoms with Crippen LogP contribution in [0.15, 0.2) is 12.1 Å². The minimum atomic E-state index is -1.52. The number of pyridine rings is 1. The molecule has 0 saturated heterocycles. The predicted octanol–water partition coefficient (Wildman–Crippen LogP) is -2.58. The smallest absolute Gasteiger partial charge is 0.547 e. The van der Waals surface area contributed by atoms with E-state index in [1.165, 1.54) is 26.4 Å². The zero-order valence-electron chi connectivity index (χ0n) is 14.1. The summed E-state index contributed by atoms with van der Waals surface area (Å²) in [6, 6.07) is 1.39. The maximum atomic E-state index is 11.7. The number of nitrogens with zero attached hydrogens (tertiary/aromatic N) is 1. The maximum Gasteiger partial charge on any atom is 1.00 e. The molecular weight excluding hydrogens is 299 g/mol. The summed E-state index contributed by atoms with van der Waals surface area (Å²) in [6.45, 7) is 4.99. The summed E-state index contributed by atoms with van der Waals surface area (Å²) >= 11 is 0. The maximum absolute atomic E-state index is 11.7. The number of ether oxygens (including phenoxy) is 3. The van der Waals surface area contributed by atoms with E-state index in [9.17, 15) is 14.7 Å². The second kappa shape index (κ2) is 8.65. The fourth-order valence-electron chi connectivity index (χ4n) is 1.58. The van der Waals surface area contributed by atoms with Gasteiger partial charge in [-0.2, -0.15) is 0 Å². The van der Waals surface area contributed by atoms with Crippen molar-refractivity contribution >= 4 is 12.1 Å². The Balaban J connectivity index is 0.00000484. The molecule has 23 heavy (non-hydrogen) atoms. The third-order valence-electron chi connectivity index (χ3n) is 2.45. The number of aliphatic carboxylic acids is 1. The van der Waals surface area contributed by atoms with Crippen LogP contribution in [-0.4, -0.2) is 36.9 Å². The minimum Gasteiger partial charge on any atom is -0.547 e. The molecule has 0 bridgehead atoms. The van der Waals surface area contributed by atoms with Crippen LogP contribution in [0.3, 0.4) is 0 Å². The zero-order chi connectivity index (χ0) is 16.9. The van der Waals surface area contributed by atoms with E-state index in [2.05, 4.69) is 10.3 Å². The van der Waals surface area contributed by atoms with Crippen LogP contribution >= 0.6 is 0 Å². The van der Waals surface area contributed by atoms with Gasteiger partial charge in [-0.25, -0.2) is 9.78 Å². The molecule has 1 unspecified atom stereocenters. The Kier molecular flexibility index (Phi) is 7.93. The Bertz CT molecular complexity index is 559. The molecule has 0 aliphatic heterocycles. The topological polar surface area (TPSA) is 110 Å². The molecule has 0 fully saturated rings. The van der Waals surface area contributed by atoms with Crippen molar-refractivity contribution in [3.8, 4) is 11.6 Å². The number of rotatable bonds is 5. The number of carboxylic acids is 1. The van der Waals surface area contributed by atoms with E-state index in [1.807, 2.05) is 0 Å². The van der Waals surface area contributed by atoms with Crippen LogP contribution in [0.2, 0.25) is 0 Å². The summed E-state index contributed by atoms with van der Waals surface area (Å²) in [4.78, 5) is 27.0. The molecule has 0 aliphatic carbocycles. The number of carbonyl (C=O) groups is 2. The Labute approximate surface area is 146 Å². The number of amides is 1. The molecule has 1 rings (SSSR count). The first-order valence-corrected chi connectivity index (χ1v) is 6.47. The van der Waals surface area contributed by atoms with Crippen LogP contribution < -0.4 is 38.8 Å². The van der Waals surface area contributed by atoms with E-state index in [4.69, 9.17) is 14.2 Å². The summed E-state index contributed by atoms with van der Waals surface area (Å²) in [7, 11) is 2.79. The van der Waals surface area contributed by atoms with E-state index < -0.39 is 23.7 Å². The van der Waals surface area contributed by atoms with Crippen molar-refractivity contribution in [2.24, 2.45) is 0 Å². The molecule has 1 aromatic heterocycles. The predicted molar refractivity (Wildman–Crippen MR) is 74.5 cm³/mol. The average molecular weight is 318 g/mol. The Morgan fingerprint density at radius 3 is 2.26 bits per heavy atom. The number of carbonyl (C=O) groups excluding carboxylic acids is 2. The number of hydrogen-bond donors (Lipinski definition) is 1. The van der Waals surface area contributed by atoms with Gasteiger partial charge in [-0.05, 0) is 32.9 Å². The summed E-state index contributed by atoms with van der Waals surface area (Å²) in [5.41, 5.74) is -0.727. The van der Waals surface area contributed by atoms with Gasteiger partial charge >= 0.3 is 25.0 Å². The Morgan fingerprint density at radius 1 is 1.22 bits per heavy atom. The van der Waals surface area contributed by atoms with Gasteiger partial charge in [0.2, 0.25) is 0 Å². The van der Waals surface area contributed by atoms with Gasteiger partial charge in [-0.3, -0.25) is 0 Å². The first kappa shape index (κ1) is 21.1. The Hall–Kier alpha value is -1.91. The van der Waals surface area contributed by atoms with Crippen molar-refractivity contribution in [3.63, 3.8) is 0 Å². The normalized spacial score (nSPS) is 11.7. The first-order chi connectivity index (χ1) is 10.2. The fraction of sp³-hybridized carbons (Fsp3) is 0.500. The molecule has 122 valence electrons. The van der Waals surface area contributed by atoms with Gasteiger partial charge in [0.05, 0.1) is 25.9 Å². The zero-order valence-corrected chi connectivity index (χ0v) is 14.1. The van der Waals surface area contributed by atoms with E-state index in [0.717, 1.165) is 0 Å². The van der Waals surface area contributed by atoms with Crippen molar-refractivity contribution < 1.29 is 47.8 Å². The molecule has 1 atom stereocenters. The molecular formula is C14H19LiN2O6. The van der Waals surface area contributed by atoms with Gasteiger partial charge in [0, 0.05) is 0 Å². The van der Waals surface area contributed by atoms with Gasteiger partial charge < -0.3 is 29.4 Å². The number of aromatic nitrogens is 1. The quantitative estimate of drug-likeness (QED) is 0.594. The summed E-state index contributed by atoms with van der Waals surface area (Å²) < 4.78 is 15.0. The first-order valence-electron chi connectivity index (χ1n) is 6.47. The molecule has 0 radical (unpaired) electrons. The number of methoxy groups -OCH3 is 2. The van der Waals surface area contributed by atoms with E-state index in [-0.39, 0.29) is 30.4 Å². The largest absolute Gasteiger partial charge is 1.00 e. The van der Waals surface area contributed by atoms with Crippen LogP contribution in [0.4, 0.5) is 4.79 Å². The van der Waals surface area contributed by atoms with Gasteiger partial charge in [-0.15, -0.1) is 0 Å². The summed E-state index contributed by atoms with van der Waals surface area (Å²) in [6.07, 6.45) is -0.890. The summed E-state index contributed by atoms with van der Waals surface area (Å²) in [5, 5.41) is 13.5.